The van der Waals surface area contributed by atoms with Crippen molar-refractivity contribution in [1.82, 2.24) is 5.32 Å². The van der Waals surface area contributed by atoms with Gasteiger partial charge in [0.1, 0.15) is 5.54 Å². The normalized spacial score (nSPS) is 34.1. The summed E-state index contributed by atoms with van der Waals surface area (Å²) < 4.78 is 0. The summed E-state index contributed by atoms with van der Waals surface area (Å²) in [5, 5.41) is 12.8. The van der Waals surface area contributed by atoms with Crippen molar-refractivity contribution in [2.75, 3.05) is 6.54 Å². The van der Waals surface area contributed by atoms with Crippen molar-refractivity contribution >= 4 is 0 Å². The molecular formula is C16H30N2. The Morgan fingerprint density at radius 1 is 1.17 bits per heavy atom. The van der Waals surface area contributed by atoms with Crippen LogP contribution in [0.5, 0.6) is 0 Å². The first kappa shape index (κ1) is 13.9. The second-order valence-corrected chi connectivity index (χ2v) is 6.43. The molecule has 0 aromatic rings. The van der Waals surface area contributed by atoms with E-state index in [1.807, 2.05) is 0 Å². The van der Waals surface area contributed by atoms with Gasteiger partial charge in [-0.05, 0) is 44.1 Å². The number of nitrogens with one attached hydrogen (secondary N) is 1. The third kappa shape index (κ3) is 3.48. The third-order valence-corrected chi connectivity index (χ3v) is 4.99. The molecular weight excluding hydrogens is 220 g/mol. The molecule has 2 unspecified atom stereocenters. The highest BCUT2D eigenvalue weighted by molar-refractivity contribution is 5.11. The number of hydrogen-bond acceptors (Lipinski definition) is 2. The second-order valence-electron chi connectivity index (χ2n) is 6.43. The highest BCUT2D eigenvalue weighted by Gasteiger charge is 2.39. The Morgan fingerprint density at radius 2 is 1.89 bits per heavy atom. The summed E-state index contributed by atoms with van der Waals surface area (Å²) in [6, 6.07) is 2.55. The summed E-state index contributed by atoms with van der Waals surface area (Å²) in [6.45, 7) is 3.03. The van der Waals surface area contributed by atoms with E-state index in [9.17, 15) is 5.26 Å². The highest BCUT2D eigenvalue weighted by atomic mass is 15.0. The Bertz CT molecular complexity index is 292. The van der Waals surface area contributed by atoms with E-state index >= 15 is 0 Å². The minimum absolute atomic E-state index is 0. The minimum atomic E-state index is -0.190. The molecule has 2 heteroatoms. The maximum atomic E-state index is 9.40. The molecule has 0 bridgehead atoms. The molecule has 2 rings (SSSR count). The topological polar surface area (TPSA) is 35.8 Å². The number of rotatable bonds is 4. The van der Waals surface area contributed by atoms with Gasteiger partial charge in [-0.2, -0.15) is 5.26 Å². The Kier molecular flexibility index (Phi) is 5.06. The van der Waals surface area contributed by atoms with Crippen LogP contribution in [0.1, 0.15) is 72.6 Å². The zero-order chi connectivity index (χ0) is 12.8. The van der Waals surface area contributed by atoms with Crippen LogP contribution in [0.2, 0.25) is 0 Å². The average molecular weight is 250 g/mol. The Hall–Kier alpha value is -0.550. The number of nitriles is 1. The molecule has 0 saturated heterocycles. The third-order valence-electron chi connectivity index (χ3n) is 4.99. The molecule has 2 aliphatic carbocycles. The molecule has 2 aliphatic rings. The fourth-order valence-electron chi connectivity index (χ4n) is 4.06. The monoisotopic (exact) mass is 250 g/mol. The summed E-state index contributed by atoms with van der Waals surface area (Å²) in [5.41, 5.74) is -0.190. The Labute approximate surface area is 114 Å². The van der Waals surface area contributed by atoms with E-state index in [2.05, 4.69) is 18.3 Å². The van der Waals surface area contributed by atoms with Gasteiger partial charge in [-0.1, -0.05) is 45.4 Å². The van der Waals surface area contributed by atoms with Gasteiger partial charge in [-0.15, -0.1) is 0 Å². The van der Waals surface area contributed by atoms with E-state index in [4.69, 9.17) is 0 Å². The Morgan fingerprint density at radius 3 is 2.50 bits per heavy atom. The van der Waals surface area contributed by atoms with Crippen LogP contribution in [-0.4, -0.2) is 12.1 Å². The van der Waals surface area contributed by atoms with Crippen molar-refractivity contribution in [3.05, 3.63) is 0 Å². The number of nitrogens with zero attached hydrogens (tertiary/aromatic N) is 1. The van der Waals surface area contributed by atoms with Gasteiger partial charge in [0.25, 0.3) is 0 Å². The maximum Gasteiger partial charge on any atom is 0.107 e. The largest absolute Gasteiger partial charge is 0.300 e. The van der Waals surface area contributed by atoms with E-state index < -0.39 is 0 Å². The predicted octanol–water partition coefficient (Wildman–Crippen LogP) is 4.26. The molecule has 0 aromatic heterocycles. The van der Waals surface area contributed by atoms with Crippen LogP contribution in [-0.2, 0) is 0 Å². The highest BCUT2D eigenvalue weighted by Crippen LogP contribution is 2.40. The molecule has 18 heavy (non-hydrogen) atoms. The molecule has 0 aliphatic heterocycles. The standard InChI is InChI=1S/C16H28N2.H2/c1-2-18-16(13-17)10-9-15(12-16)11-14-7-5-3-4-6-8-14;/h14-15,18H,2-12H2,1H3;1H. The molecule has 2 saturated carbocycles. The maximum absolute atomic E-state index is 9.40. The van der Waals surface area contributed by atoms with Crippen molar-refractivity contribution in [3.63, 3.8) is 0 Å². The molecule has 0 heterocycles. The number of hydrogen-bond donors (Lipinski definition) is 1. The molecule has 0 amide bonds. The molecule has 0 spiro atoms. The molecule has 104 valence electrons. The Balaban J connectivity index is 0.00000180. The van der Waals surface area contributed by atoms with Gasteiger partial charge in [0, 0.05) is 1.43 Å². The smallest absolute Gasteiger partial charge is 0.107 e. The molecule has 0 aromatic carbocycles. The van der Waals surface area contributed by atoms with Crippen LogP contribution in [0.15, 0.2) is 0 Å². The van der Waals surface area contributed by atoms with Gasteiger partial charge in [0.2, 0.25) is 0 Å². The molecule has 2 atom stereocenters. The zero-order valence-corrected chi connectivity index (χ0v) is 11.9. The van der Waals surface area contributed by atoms with Crippen LogP contribution in [0.3, 0.4) is 0 Å². The van der Waals surface area contributed by atoms with Crippen molar-refractivity contribution in [1.29, 1.82) is 5.26 Å². The summed E-state index contributed by atoms with van der Waals surface area (Å²) in [7, 11) is 0. The van der Waals surface area contributed by atoms with Crippen molar-refractivity contribution < 1.29 is 1.43 Å². The fraction of sp³-hybridized carbons (Fsp3) is 0.938. The van der Waals surface area contributed by atoms with Crippen molar-refractivity contribution in [2.24, 2.45) is 11.8 Å². The summed E-state index contributed by atoms with van der Waals surface area (Å²) in [5.74, 6) is 1.75. The summed E-state index contributed by atoms with van der Waals surface area (Å²) >= 11 is 0. The average Bonchev–Trinajstić information content (AvgIpc) is 2.60. The minimum Gasteiger partial charge on any atom is -0.300 e. The fourth-order valence-corrected chi connectivity index (χ4v) is 4.06. The van der Waals surface area contributed by atoms with Crippen molar-refractivity contribution in [3.8, 4) is 6.07 Å². The van der Waals surface area contributed by atoms with Crippen LogP contribution >= 0.6 is 0 Å². The quantitative estimate of drug-likeness (QED) is 0.757. The molecule has 2 fully saturated rings. The van der Waals surface area contributed by atoms with Crippen LogP contribution in [0.4, 0.5) is 0 Å². The van der Waals surface area contributed by atoms with Gasteiger partial charge in [-0.25, -0.2) is 0 Å². The van der Waals surface area contributed by atoms with Gasteiger partial charge >= 0.3 is 0 Å². The lowest BCUT2D eigenvalue weighted by atomic mass is 9.87. The van der Waals surface area contributed by atoms with Gasteiger partial charge in [-0.3, -0.25) is 5.32 Å². The lowest BCUT2D eigenvalue weighted by Gasteiger charge is -2.23. The zero-order valence-electron chi connectivity index (χ0n) is 11.9. The SMILES string of the molecule is CCNC1(C#N)CCC(CC2CCCCCC2)C1.[HH]. The second kappa shape index (κ2) is 6.57. The summed E-state index contributed by atoms with van der Waals surface area (Å²) in [4.78, 5) is 0. The van der Waals surface area contributed by atoms with Gasteiger partial charge < -0.3 is 0 Å². The van der Waals surface area contributed by atoms with Crippen LogP contribution in [0, 0.1) is 23.2 Å². The first-order chi connectivity index (χ1) is 8.78. The van der Waals surface area contributed by atoms with Gasteiger partial charge in [0.05, 0.1) is 6.07 Å². The predicted molar refractivity (Wildman–Crippen MR) is 77.3 cm³/mol. The van der Waals surface area contributed by atoms with Gasteiger partial charge in [0.15, 0.2) is 0 Å². The first-order valence-electron chi connectivity index (χ1n) is 7.94. The first-order valence-corrected chi connectivity index (χ1v) is 7.94. The summed E-state index contributed by atoms with van der Waals surface area (Å²) in [6.07, 6.45) is 13.5. The van der Waals surface area contributed by atoms with E-state index in [1.54, 1.807) is 0 Å². The molecule has 0 radical (unpaired) electrons. The van der Waals surface area contributed by atoms with E-state index in [0.29, 0.717) is 0 Å². The molecule has 2 nitrogen and oxygen atoms in total. The van der Waals surface area contributed by atoms with Crippen LogP contribution in [0.25, 0.3) is 0 Å². The van der Waals surface area contributed by atoms with E-state index in [1.165, 1.54) is 51.4 Å². The molecule has 1 N–H and O–H groups in total. The van der Waals surface area contributed by atoms with Crippen LogP contribution < -0.4 is 5.32 Å². The lowest BCUT2D eigenvalue weighted by Crippen LogP contribution is -2.41. The van der Waals surface area contributed by atoms with Crippen molar-refractivity contribution in [2.45, 2.75) is 76.7 Å². The van der Waals surface area contributed by atoms with E-state index in [0.717, 1.165) is 31.2 Å². The van der Waals surface area contributed by atoms with E-state index in [-0.39, 0.29) is 6.97 Å². The lowest BCUT2D eigenvalue weighted by molar-refractivity contribution is 0.327.